The number of ether oxygens (including phenoxy) is 1. The Hall–Kier alpha value is -2.80. The first-order valence-electron chi connectivity index (χ1n) is 5.93. The number of terminal acetylenes is 1. The zero-order valence-corrected chi connectivity index (χ0v) is 10.9. The molecule has 0 saturated carbocycles. The van der Waals surface area contributed by atoms with E-state index in [0.29, 0.717) is 11.1 Å². The Morgan fingerprint density at radius 1 is 1.30 bits per heavy atom. The topological polar surface area (TPSA) is 33.6 Å². The number of anilines is 1. The van der Waals surface area contributed by atoms with Crippen LogP contribution in [0.2, 0.25) is 0 Å². The Morgan fingerprint density at radius 2 is 2.05 bits per heavy atom. The number of nitrogens with one attached hydrogen (secondary N) is 1. The molecule has 0 aromatic heterocycles. The lowest BCUT2D eigenvalue weighted by Crippen LogP contribution is -1.96. The van der Waals surface area contributed by atoms with Crippen LogP contribution in [0.3, 0.4) is 0 Å². The molecule has 20 heavy (non-hydrogen) atoms. The highest BCUT2D eigenvalue weighted by Crippen LogP contribution is 2.23. The molecule has 0 unspecified atom stereocenters. The third kappa shape index (κ3) is 3.15. The summed E-state index contributed by atoms with van der Waals surface area (Å²) >= 11 is 0. The summed E-state index contributed by atoms with van der Waals surface area (Å²) in [6.07, 6.45) is 6.82. The van der Waals surface area contributed by atoms with E-state index in [4.69, 9.17) is 11.2 Å². The molecular weight excluding hydrogens is 255 g/mol. The molecule has 0 atom stereocenters. The second-order valence-corrected chi connectivity index (χ2v) is 3.96. The summed E-state index contributed by atoms with van der Waals surface area (Å²) in [4.78, 5) is 0. The van der Waals surface area contributed by atoms with Crippen molar-refractivity contribution in [2.75, 3.05) is 12.5 Å². The Labute approximate surface area is 117 Å². The Balaban J connectivity index is 2.18. The largest absolute Gasteiger partial charge is 0.492 e. The van der Waals surface area contributed by atoms with Gasteiger partial charge in [-0.2, -0.15) is 5.10 Å². The summed E-state index contributed by atoms with van der Waals surface area (Å²) in [6, 6.07) is 12.4. The van der Waals surface area contributed by atoms with Crippen LogP contribution >= 0.6 is 0 Å². The third-order valence-corrected chi connectivity index (χ3v) is 2.61. The van der Waals surface area contributed by atoms with Crippen molar-refractivity contribution in [2.45, 2.75) is 0 Å². The van der Waals surface area contributed by atoms with Gasteiger partial charge in [0.05, 0.1) is 24.6 Å². The second kappa shape index (κ2) is 6.39. The van der Waals surface area contributed by atoms with Crippen LogP contribution in [0.5, 0.6) is 5.75 Å². The van der Waals surface area contributed by atoms with Crippen molar-refractivity contribution in [3.8, 4) is 18.1 Å². The van der Waals surface area contributed by atoms with Gasteiger partial charge in [0.1, 0.15) is 0 Å². The maximum absolute atomic E-state index is 13.7. The van der Waals surface area contributed by atoms with Gasteiger partial charge in [-0.1, -0.05) is 24.1 Å². The van der Waals surface area contributed by atoms with Crippen molar-refractivity contribution in [3.05, 3.63) is 59.4 Å². The lowest BCUT2D eigenvalue weighted by Gasteiger charge is -2.06. The number of nitrogens with zero attached hydrogens (tertiary/aromatic N) is 1. The van der Waals surface area contributed by atoms with E-state index >= 15 is 0 Å². The summed E-state index contributed by atoms with van der Waals surface area (Å²) in [5.41, 5.74) is 4.60. The monoisotopic (exact) mass is 268 g/mol. The lowest BCUT2D eigenvalue weighted by molar-refractivity contribution is 0.385. The van der Waals surface area contributed by atoms with E-state index in [9.17, 15) is 4.39 Å². The fourth-order valence-electron chi connectivity index (χ4n) is 1.70. The van der Waals surface area contributed by atoms with E-state index in [0.717, 1.165) is 5.69 Å². The molecule has 0 spiro atoms. The van der Waals surface area contributed by atoms with Crippen LogP contribution in [0.4, 0.5) is 10.1 Å². The Bertz CT molecular complexity index is 660. The van der Waals surface area contributed by atoms with Gasteiger partial charge < -0.3 is 4.74 Å². The first-order chi connectivity index (χ1) is 9.74. The van der Waals surface area contributed by atoms with Gasteiger partial charge in [-0.25, -0.2) is 4.39 Å². The van der Waals surface area contributed by atoms with Crippen molar-refractivity contribution in [3.63, 3.8) is 0 Å². The summed E-state index contributed by atoms with van der Waals surface area (Å²) < 4.78 is 18.7. The Morgan fingerprint density at radius 3 is 2.70 bits per heavy atom. The smallest absolute Gasteiger partial charge is 0.170 e. The van der Waals surface area contributed by atoms with Crippen molar-refractivity contribution >= 4 is 11.9 Å². The maximum Gasteiger partial charge on any atom is 0.170 e. The quantitative estimate of drug-likeness (QED) is 0.524. The maximum atomic E-state index is 13.7. The highest BCUT2D eigenvalue weighted by Gasteiger charge is 2.09. The number of hydrogen-bond donors (Lipinski definition) is 1. The van der Waals surface area contributed by atoms with Crippen molar-refractivity contribution < 1.29 is 9.13 Å². The van der Waals surface area contributed by atoms with Crippen LogP contribution in [0.1, 0.15) is 11.1 Å². The average molecular weight is 268 g/mol. The summed E-state index contributed by atoms with van der Waals surface area (Å²) in [7, 11) is 1.38. The number of halogens is 1. The van der Waals surface area contributed by atoms with Crippen molar-refractivity contribution in [1.82, 2.24) is 0 Å². The molecule has 0 fully saturated rings. The average Bonchev–Trinajstić information content (AvgIpc) is 2.47. The first-order valence-corrected chi connectivity index (χ1v) is 5.93. The molecular formula is C16H13FN2O. The zero-order valence-electron chi connectivity index (χ0n) is 10.9. The summed E-state index contributed by atoms with van der Waals surface area (Å²) in [6.45, 7) is 0. The van der Waals surface area contributed by atoms with Crippen LogP contribution in [-0.2, 0) is 0 Å². The first kappa shape index (κ1) is 13.6. The molecule has 0 amide bonds. The van der Waals surface area contributed by atoms with Crippen LogP contribution in [0.25, 0.3) is 0 Å². The molecule has 1 N–H and O–H groups in total. The minimum Gasteiger partial charge on any atom is -0.492 e. The number of para-hydroxylation sites is 1. The molecule has 3 nitrogen and oxygen atoms in total. The molecule has 2 rings (SSSR count). The van der Waals surface area contributed by atoms with E-state index < -0.39 is 5.82 Å². The van der Waals surface area contributed by atoms with Crippen LogP contribution in [0, 0.1) is 18.2 Å². The molecule has 0 saturated heterocycles. The molecule has 0 aliphatic heterocycles. The van der Waals surface area contributed by atoms with Gasteiger partial charge in [0.2, 0.25) is 0 Å². The SMILES string of the molecule is C#Cc1cc(C=NNc2ccccc2)cc(F)c1OC. The van der Waals surface area contributed by atoms with Crippen LogP contribution in [-0.4, -0.2) is 13.3 Å². The van der Waals surface area contributed by atoms with E-state index in [1.54, 1.807) is 6.07 Å². The molecule has 2 aromatic carbocycles. The van der Waals surface area contributed by atoms with Gasteiger partial charge in [0.25, 0.3) is 0 Å². The molecule has 100 valence electrons. The standard InChI is InChI=1S/C16H13FN2O/c1-3-13-9-12(10-15(17)16(13)20-2)11-18-19-14-7-5-4-6-8-14/h1,4-11,19H,2H3. The number of hydrogen-bond acceptors (Lipinski definition) is 3. The number of methoxy groups -OCH3 is 1. The third-order valence-electron chi connectivity index (χ3n) is 2.61. The fourth-order valence-corrected chi connectivity index (χ4v) is 1.70. The molecule has 0 aliphatic carbocycles. The van der Waals surface area contributed by atoms with Gasteiger partial charge in [0.15, 0.2) is 11.6 Å². The highest BCUT2D eigenvalue weighted by atomic mass is 19.1. The lowest BCUT2D eigenvalue weighted by atomic mass is 10.1. The van der Waals surface area contributed by atoms with Gasteiger partial charge in [-0.05, 0) is 29.8 Å². The van der Waals surface area contributed by atoms with Crippen molar-refractivity contribution in [1.29, 1.82) is 0 Å². The van der Waals surface area contributed by atoms with Crippen molar-refractivity contribution in [2.24, 2.45) is 5.10 Å². The van der Waals surface area contributed by atoms with Gasteiger partial charge >= 0.3 is 0 Å². The van der Waals surface area contributed by atoms with E-state index in [1.165, 1.54) is 19.4 Å². The molecule has 0 heterocycles. The molecule has 0 radical (unpaired) electrons. The molecule has 4 heteroatoms. The van der Waals surface area contributed by atoms with Gasteiger partial charge in [-0.15, -0.1) is 6.42 Å². The molecule has 0 aliphatic rings. The molecule has 2 aromatic rings. The number of hydrazone groups is 1. The second-order valence-electron chi connectivity index (χ2n) is 3.96. The Kier molecular flexibility index (Phi) is 4.35. The highest BCUT2D eigenvalue weighted by molar-refractivity contribution is 5.81. The van der Waals surface area contributed by atoms with Crippen LogP contribution in [0.15, 0.2) is 47.6 Å². The van der Waals surface area contributed by atoms with Crippen LogP contribution < -0.4 is 10.2 Å². The van der Waals surface area contributed by atoms with Gasteiger partial charge in [0, 0.05) is 0 Å². The normalized spacial score (nSPS) is 10.2. The van der Waals surface area contributed by atoms with E-state index in [2.05, 4.69) is 16.4 Å². The minimum absolute atomic E-state index is 0.0701. The van der Waals surface area contributed by atoms with E-state index in [1.807, 2.05) is 30.3 Å². The predicted molar refractivity (Wildman–Crippen MR) is 78.5 cm³/mol. The number of benzene rings is 2. The number of rotatable bonds is 4. The minimum atomic E-state index is -0.510. The summed E-state index contributed by atoms with van der Waals surface area (Å²) in [5.74, 6) is 1.95. The predicted octanol–water partition coefficient (Wildman–Crippen LogP) is 3.26. The fraction of sp³-hybridized carbons (Fsp3) is 0.0625. The zero-order chi connectivity index (χ0) is 14.4. The molecule has 0 bridgehead atoms. The van der Waals surface area contributed by atoms with E-state index in [-0.39, 0.29) is 5.75 Å². The van der Waals surface area contributed by atoms with Gasteiger partial charge in [-0.3, -0.25) is 5.43 Å². The summed E-state index contributed by atoms with van der Waals surface area (Å²) in [5, 5.41) is 4.03.